The van der Waals surface area contributed by atoms with Gasteiger partial charge in [0, 0.05) is 26.4 Å². The molecule has 0 aliphatic carbocycles. The van der Waals surface area contributed by atoms with Crippen LogP contribution in [0.3, 0.4) is 0 Å². The molecule has 1 N–H and O–H groups in total. The molecule has 0 radical (unpaired) electrons. The minimum absolute atomic E-state index is 0. The van der Waals surface area contributed by atoms with Crippen molar-refractivity contribution >= 4 is 39.8 Å². The molecule has 7 heteroatoms. The van der Waals surface area contributed by atoms with Gasteiger partial charge in [0.25, 0.3) is 0 Å². The summed E-state index contributed by atoms with van der Waals surface area (Å²) in [5.41, 5.74) is 1.72. The lowest BCUT2D eigenvalue weighted by Crippen LogP contribution is -2.35. The van der Waals surface area contributed by atoms with E-state index in [9.17, 15) is 8.42 Å². The maximum Gasteiger partial charge on any atom is 0.194 e. The van der Waals surface area contributed by atoms with Gasteiger partial charge in [-0.05, 0) is 24.1 Å². The molecule has 112 valence electrons. The maximum atomic E-state index is 11.7. The van der Waals surface area contributed by atoms with E-state index >= 15 is 0 Å². The van der Waals surface area contributed by atoms with Crippen LogP contribution in [-0.2, 0) is 16.4 Å². The number of guanidine groups is 1. The standard InChI is InChI=1S/C13H19N3O2S.HI/c1-10-4-5-11(8-12(10)19(3,17)18)9-15-13-14-6-7-16(13)2;/h4-5,8H,6-7,9H2,1-3H3,(H,14,15);1H. The first kappa shape index (κ1) is 17.2. The highest BCUT2D eigenvalue weighted by atomic mass is 127. The molecule has 1 aromatic rings. The lowest BCUT2D eigenvalue weighted by molar-refractivity contribution is 0.534. The highest BCUT2D eigenvalue weighted by Gasteiger charge is 2.13. The number of aryl methyl sites for hydroxylation is 1. The van der Waals surface area contributed by atoms with E-state index in [-0.39, 0.29) is 24.0 Å². The number of benzene rings is 1. The number of sulfone groups is 1. The van der Waals surface area contributed by atoms with Crippen molar-refractivity contribution in [3.05, 3.63) is 29.3 Å². The molecule has 0 aromatic heterocycles. The summed E-state index contributed by atoms with van der Waals surface area (Å²) >= 11 is 0. The van der Waals surface area contributed by atoms with Crippen LogP contribution in [0.4, 0.5) is 0 Å². The predicted molar refractivity (Wildman–Crippen MR) is 91.5 cm³/mol. The van der Waals surface area contributed by atoms with Gasteiger partial charge in [0.15, 0.2) is 15.8 Å². The number of likely N-dealkylation sites (N-methyl/N-ethyl adjacent to an activating group) is 1. The molecule has 1 aromatic carbocycles. The maximum absolute atomic E-state index is 11.7. The lowest BCUT2D eigenvalue weighted by Gasteiger charge is -2.15. The summed E-state index contributed by atoms with van der Waals surface area (Å²) in [5.74, 6) is 0.862. The van der Waals surface area contributed by atoms with Crippen molar-refractivity contribution in [1.82, 2.24) is 10.2 Å². The summed E-state index contributed by atoms with van der Waals surface area (Å²) in [6.45, 7) is 4.11. The monoisotopic (exact) mass is 409 g/mol. The average Bonchev–Trinajstić information content (AvgIpc) is 2.72. The zero-order valence-electron chi connectivity index (χ0n) is 11.9. The van der Waals surface area contributed by atoms with Crippen molar-refractivity contribution in [3.8, 4) is 0 Å². The van der Waals surface area contributed by atoms with Crippen LogP contribution in [0.5, 0.6) is 0 Å². The van der Waals surface area contributed by atoms with E-state index in [1.807, 2.05) is 31.0 Å². The molecule has 0 fully saturated rings. The van der Waals surface area contributed by atoms with Crippen LogP contribution in [0.15, 0.2) is 28.1 Å². The molecule has 0 unspecified atom stereocenters. The van der Waals surface area contributed by atoms with E-state index in [1.54, 1.807) is 6.07 Å². The number of hydrogen-bond donors (Lipinski definition) is 1. The number of nitrogens with zero attached hydrogens (tertiary/aromatic N) is 2. The van der Waals surface area contributed by atoms with Crippen LogP contribution < -0.4 is 5.32 Å². The molecule has 1 aliphatic heterocycles. The minimum Gasteiger partial charge on any atom is -0.352 e. The molecule has 1 heterocycles. The second kappa shape index (κ2) is 6.75. The normalized spacial score (nSPS) is 14.8. The minimum atomic E-state index is -3.17. The molecule has 5 nitrogen and oxygen atoms in total. The molecule has 1 aliphatic rings. The fourth-order valence-electron chi connectivity index (χ4n) is 2.06. The summed E-state index contributed by atoms with van der Waals surface area (Å²) in [6.07, 6.45) is 1.24. The molecule has 20 heavy (non-hydrogen) atoms. The van der Waals surface area contributed by atoms with Gasteiger partial charge in [-0.2, -0.15) is 0 Å². The second-order valence-electron chi connectivity index (χ2n) is 4.85. The zero-order valence-corrected chi connectivity index (χ0v) is 15.0. The van der Waals surface area contributed by atoms with Gasteiger partial charge in [-0.1, -0.05) is 12.1 Å². The Morgan fingerprint density at radius 2 is 2.10 bits per heavy atom. The molecule has 0 saturated carbocycles. The van der Waals surface area contributed by atoms with Gasteiger partial charge >= 0.3 is 0 Å². The van der Waals surface area contributed by atoms with Crippen molar-refractivity contribution in [2.45, 2.75) is 18.4 Å². The topological polar surface area (TPSA) is 61.8 Å². The van der Waals surface area contributed by atoms with Crippen LogP contribution in [0.1, 0.15) is 11.1 Å². The van der Waals surface area contributed by atoms with E-state index < -0.39 is 9.84 Å². The van der Waals surface area contributed by atoms with Crippen molar-refractivity contribution in [3.63, 3.8) is 0 Å². The second-order valence-corrected chi connectivity index (χ2v) is 6.84. The SMILES string of the molecule is Cc1ccc(CNC2=NCCN2C)cc1S(C)(=O)=O.I. The summed E-state index contributed by atoms with van der Waals surface area (Å²) in [5, 5.41) is 3.23. The molecular weight excluding hydrogens is 389 g/mol. The Hall–Kier alpha value is -0.830. The van der Waals surface area contributed by atoms with Gasteiger partial charge in [-0.15, -0.1) is 24.0 Å². The smallest absolute Gasteiger partial charge is 0.194 e. The molecule has 2 rings (SSSR count). The Morgan fingerprint density at radius 1 is 1.40 bits per heavy atom. The van der Waals surface area contributed by atoms with E-state index in [1.165, 1.54) is 6.26 Å². The van der Waals surface area contributed by atoms with Crippen LogP contribution in [0.25, 0.3) is 0 Å². The summed E-state index contributed by atoms with van der Waals surface area (Å²) in [4.78, 5) is 6.78. The van der Waals surface area contributed by atoms with Crippen LogP contribution in [0.2, 0.25) is 0 Å². The average molecular weight is 409 g/mol. The Bertz CT molecular complexity index is 614. The first-order chi connectivity index (χ1) is 8.88. The summed E-state index contributed by atoms with van der Waals surface area (Å²) in [7, 11) is -1.19. The molecular formula is C13H20IN3O2S. The number of halogens is 1. The molecule has 0 spiro atoms. The lowest BCUT2D eigenvalue weighted by atomic mass is 10.1. The van der Waals surface area contributed by atoms with Crippen molar-refractivity contribution < 1.29 is 8.42 Å². The third kappa shape index (κ3) is 4.08. The number of hydrogen-bond acceptors (Lipinski definition) is 5. The highest BCUT2D eigenvalue weighted by molar-refractivity contribution is 14.0. The molecule has 0 saturated heterocycles. The van der Waals surface area contributed by atoms with E-state index in [0.29, 0.717) is 11.4 Å². The Balaban J connectivity index is 0.00000200. The van der Waals surface area contributed by atoms with Crippen molar-refractivity contribution in [2.24, 2.45) is 4.99 Å². The summed E-state index contributed by atoms with van der Waals surface area (Å²) in [6, 6.07) is 5.51. The van der Waals surface area contributed by atoms with Gasteiger partial charge in [-0.3, -0.25) is 4.99 Å². The predicted octanol–water partition coefficient (Wildman–Crippen LogP) is 1.41. The van der Waals surface area contributed by atoms with E-state index in [4.69, 9.17) is 0 Å². The molecule has 0 atom stereocenters. The fourth-order valence-corrected chi connectivity index (χ4v) is 3.08. The largest absolute Gasteiger partial charge is 0.352 e. The number of nitrogens with one attached hydrogen (secondary N) is 1. The van der Waals surface area contributed by atoms with E-state index in [2.05, 4.69) is 10.3 Å². The summed E-state index contributed by atoms with van der Waals surface area (Å²) < 4.78 is 23.3. The first-order valence-electron chi connectivity index (χ1n) is 6.17. The Kier molecular flexibility index (Phi) is 5.81. The third-order valence-corrected chi connectivity index (χ3v) is 4.40. The molecule has 0 bridgehead atoms. The quantitative estimate of drug-likeness (QED) is 0.768. The number of aliphatic imine (C=N–C) groups is 1. The zero-order chi connectivity index (χ0) is 14.0. The van der Waals surface area contributed by atoms with Crippen molar-refractivity contribution in [1.29, 1.82) is 0 Å². The van der Waals surface area contributed by atoms with E-state index in [0.717, 1.165) is 30.2 Å². The van der Waals surface area contributed by atoms with Crippen molar-refractivity contribution in [2.75, 3.05) is 26.4 Å². The first-order valence-corrected chi connectivity index (χ1v) is 8.06. The highest BCUT2D eigenvalue weighted by Crippen LogP contribution is 2.17. The number of rotatable bonds is 3. The van der Waals surface area contributed by atoms with Gasteiger partial charge in [-0.25, -0.2) is 8.42 Å². The Labute approximate surface area is 137 Å². The van der Waals surface area contributed by atoms with Gasteiger partial charge in [0.2, 0.25) is 0 Å². The van der Waals surface area contributed by atoms with Gasteiger partial charge in [0.05, 0.1) is 11.4 Å². The third-order valence-electron chi connectivity index (χ3n) is 3.16. The van der Waals surface area contributed by atoms with Crippen LogP contribution >= 0.6 is 24.0 Å². The van der Waals surface area contributed by atoms with Crippen LogP contribution in [0, 0.1) is 6.92 Å². The van der Waals surface area contributed by atoms with Crippen LogP contribution in [-0.4, -0.2) is 45.7 Å². The van der Waals surface area contributed by atoms with Gasteiger partial charge in [0.1, 0.15) is 0 Å². The molecule has 0 amide bonds. The Morgan fingerprint density at radius 3 is 2.65 bits per heavy atom. The van der Waals surface area contributed by atoms with Gasteiger partial charge < -0.3 is 10.2 Å². The fraction of sp³-hybridized carbons (Fsp3) is 0.462.